The zero-order chi connectivity index (χ0) is 12.2. The van der Waals surface area contributed by atoms with Crippen molar-refractivity contribution in [3.8, 4) is 0 Å². The maximum absolute atomic E-state index is 9.76. The first-order valence-electron chi connectivity index (χ1n) is 6.35. The third-order valence-corrected chi connectivity index (χ3v) is 7.71. The first kappa shape index (κ1) is 14.4. The topological polar surface area (TPSA) is 38.7 Å². The van der Waals surface area contributed by atoms with Gasteiger partial charge in [0.2, 0.25) is 0 Å². The summed E-state index contributed by atoms with van der Waals surface area (Å²) in [5.74, 6) is 0.715. The summed E-state index contributed by atoms with van der Waals surface area (Å²) in [5, 5.41) is 0. The van der Waals surface area contributed by atoms with Gasteiger partial charge in [-0.2, -0.15) is 0 Å². The molecule has 0 saturated heterocycles. The van der Waals surface area contributed by atoms with Gasteiger partial charge in [-0.25, -0.2) is 0 Å². The molecule has 0 aromatic carbocycles. The van der Waals surface area contributed by atoms with Crippen molar-refractivity contribution in [2.24, 2.45) is 5.92 Å². The molecule has 0 spiro atoms. The third-order valence-electron chi connectivity index (χ3n) is 2.89. The lowest BCUT2D eigenvalue weighted by Crippen LogP contribution is -2.47. The maximum Gasteiger partial charge on any atom is 0.322 e. The highest BCUT2D eigenvalue weighted by atomic mass is 28.5. The van der Waals surface area contributed by atoms with Gasteiger partial charge in [-0.15, -0.1) is 0 Å². The van der Waals surface area contributed by atoms with Gasteiger partial charge in [-0.05, 0) is 44.9 Å². The van der Waals surface area contributed by atoms with Crippen LogP contribution in [0, 0.1) is 5.92 Å². The predicted octanol–water partition coefficient (Wildman–Crippen LogP) is 3.00. The molecule has 16 heavy (non-hydrogen) atoms. The van der Waals surface area contributed by atoms with Crippen molar-refractivity contribution < 1.29 is 13.3 Å². The molecule has 1 saturated carbocycles. The van der Waals surface area contributed by atoms with E-state index in [0.29, 0.717) is 5.92 Å². The number of rotatable bonds is 5. The molecule has 0 heterocycles. The highest BCUT2D eigenvalue weighted by Gasteiger charge is 2.34. The molecule has 0 aromatic rings. The second-order valence-corrected chi connectivity index (χ2v) is 12.6. The van der Waals surface area contributed by atoms with Crippen LogP contribution in [0.3, 0.4) is 0 Å². The normalized spacial score (nSPS) is 20.1. The zero-order valence-electron chi connectivity index (χ0n) is 11.1. The molecule has 96 valence electrons. The van der Waals surface area contributed by atoms with Crippen LogP contribution in [0.15, 0.2) is 0 Å². The SMILES string of the molecule is C[Si](C)(O)O[Si](C)(C)OCC1CCCCC1. The molecule has 0 unspecified atom stereocenters. The van der Waals surface area contributed by atoms with Crippen molar-refractivity contribution in [3.05, 3.63) is 0 Å². The molecular weight excluding hydrogens is 236 g/mol. The Bertz CT molecular complexity index is 208. The van der Waals surface area contributed by atoms with Gasteiger partial charge in [-0.3, -0.25) is 0 Å². The van der Waals surface area contributed by atoms with Crippen LogP contribution >= 0.6 is 0 Å². The fourth-order valence-corrected chi connectivity index (χ4v) is 7.99. The molecule has 0 aliphatic heterocycles. The van der Waals surface area contributed by atoms with E-state index in [1.165, 1.54) is 32.1 Å². The summed E-state index contributed by atoms with van der Waals surface area (Å²) in [4.78, 5) is 9.76. The number of hydrogen-bond donors (Lipinski definition) is 1. The molecular formula is C11H26O3Si2. The van der Waals surface area contributed by atoms with Crippen LogP contribution in [0.25, 0.3) is 0 Å². The maximum atomic E-state index is 9.76. The fourth-order valence-electron chi connectivity index (χ4n) is 2.30. The lowest BCUT2D eigenvalue weighted by molar-refractivity contribution is 0.166. The lowest BCUT2D eigenvalue weighted by Gasteiger charge is -2.31. The van der Waals surface area contributed by atoms with E-state index < -0.39 is 17.1 Å². The molecule has 0 atom stereocenters. The Hall–Kier alpha value is 0.314. The summed E-state index contributed by atoms with van der Waals surface area (Å²) in [6, 6.07) is 0. The summed E-state index contributed by atoms with van der Waals surface area (Å²) in [5.41, 5.74) is 0. The van der Waals surface area contributed by atoms with E-state index in [2.05, 4.69) is 0 Å². The van der Waals surface area contributed by atoms with E-state index in [1.807, 2.05) is 13.1 Å². The molecule has 1 rings (SSSR count). The van der Waals surface area contributed by atoms with Gasteiger partial charge in [-0.1, -0.05) is 19.3 Å². The van der Waals surface area contributed by atoms with E-state index in [9.17, 15) is 4.80 Å². The Labute approximate surface area is 102 Å². The van der Waals surface area contributed by atoms with Crippen molar-refractivity contribution in [2.75, 3.05) is 6.61 Å². The van der Waals surface area contributed by atoms with Gasteiger partial charge in [0, 0.05) is 6.61 Å². The molecule has 0 amide bonds. The predicted molar refractivity (Wildman–Crippen MR) is 70.8 cm³/mol. The Morgan fingerprint density at radius 1 is 1.06 bits per heavy atom. The number of hydrogen-bond acceptors (Lipinski definition) is 3. The van der Waals surface area contributed by atoms with Crippen LogP contribution in [0.2, 0.25) is 26.2 Å². The standard InChI is InChI=1S/C11H26O3Si2/c1-15(2,12)14-16(3,4)13-10-11-8-6-5-7-9-11/h11-12H,5-10H2,1-4H3. The Kier molecular flexibility index (Phi) is 5.19. The van der Waals surface area contributed by atoms with Crippen molar-refractivity contribution >= 4 is 17.1 Å². The Morgan fingerprint density at radius 3 is 2.12 bits per heavy atom. The Morgan fingerprint density at radius 2 is 1.62 bits per heavy atom. The summed E-state index contributed by atoms with van der Waals surface area (Å²) in [6.07, 6.45) is 6.66. The average molecular weight is 262 g/mol. The summed E-state index contributed by atoms with van der Waals surface area (Å²) < 4.78 is 11.7. The van der Waals surface area contributed by atoms with Crippen molar-refractivity contribution in [1.29, 1.82) is 0 Å². The highest BCUT2D eigenvalue weighted by Crippen LogP contribution is 2.25. The van der Waals surface area contributed by atoms with E-state index in [4.69, 9.17) is 8.54 Å². The molecule has 3 nitrogen and oxygen atoms in total. The largest absolute Gasteiger partial charge is 0.415 e. The molecule has 0 radical (unpaired) electrons. The molecule has 1 aliphatic rings. The first-order chi connectivity index (χ1) is 7.29. The van der Waals surface area contributed by atoms with Crippen LogP contribution in [0.5, 0.6) is 0 Å². The van der Waals surface area contributed by atoms with Crippen molar-refractivity contribution in [2.45, 2.75) is 58.3 Å². The van der Waals surface area contributed by atoms with Crippen LogP contribution < -0.4 is 0 Å². The molecule has 5 heteroatoms. The van der Waals surface area contributed by atoms with Crippen molar-refractivity contribution in [3.63, 3.8) is 0 Å². The minimum absolute atomic E-state index is 0.715. The monoisotopic (exact) mass is 262 g/mol. The van der Waals surface area contributed by atoms with Crippen LogP contribution in [0.4, 0.5) is 0 Å². The van der Waals surface area contributed by atoms with Gasteiger partial charge in [0.05, 0.1) is 0 Å². The third kappa shape index (κ3) is 6.15. The zero-order valence-corrected chi connectivity index (χ0v) is 13.1. The van der Waals surface area contributed by atoms with E-state index >= 15 is 0 Å². The Balaban J connectivity index is 2.29. The second-order valence-electron chi connectivity index (χ2n) is 5.76. The average Bonchev–Trinajstić information content (AvgIpc) is 2.13. The highest BCUT2D eigenvalue weighted by molar-refractivity contribution is 6.78. The first-order valence-corrected chi connectivity index (χ1v) is 12.0. The second kappa shape index (κ2) is 5.77. The smallest absolute Gasteiger partial charge is 0.322 e. The minimum Gasteiger partial charge on any atom is -0.415 e. The van der Waals surface area contributed by atoms with Gasteiger partial charge < -0.3 is 13.3 Å². The van der Waals surface area contributed by atoms with Gasteiger partial charge in [0.1, 0.15) is 0 Å². The van der Waals surface area contributed by atoms with E-state index in [1.54, 1.807) is 13.1 Å². The van der Waals surface area contributed by atoms with E-state index in [0.717, 1.165) is 6.61 Å². The minimum atomic E-state index is -2.44. The molecule has 0 bridgehead atoms. The van der Waals surface area contributed by atoms with Gasteiger partial charge in [0.25, 0.3) is 0 Å². The lowest BCUT2D eigenvalue weighted by atomic mass is 9.90. The molecule has 1 aliphatic carbocycles. The van der Waals surface area contributed by atoms with Crippen LogP contribution in [-0.2, 0) is 8.54 Å². The van der Waals surface area contributed by atoms with Crippen LogP contribution in [0.1, 0.15) is 32.1 Å². The summed E-state index contributed by atoms with van der Waals surface area (Å²) in [7, 11) is -4.55. The molecule has 1 fully saturated rings. The van der Waals surface area contributed by atoms with Gasteiger partial charge in [0.15, 0.2) is 0 Å². The molecule has 1 N–H and O–H groups in total. The summed E-state index contributed by atoms with van der Waals surface area (Å²) >= 11 is 0. The quantitative estimate of drug-likeness (QED) is 0.774. The van der Waals surface area contributed by atoms with Crippen molar-refractivity contribution in [1.82, 2.24) is 0 Å². The molecule has 0 aromatic heterocycles. The van der Waals surface area contributed by atoms with Gasteiger partial charge >= 0.3 is 17.1 Å². The van der Waals surface area contributed by atoms with E-state index in [-0.39, 0.29) is 0 Å². The fraction of sp³-hybridized carbons (Fsp3) is 1.00. The summed E-state index contributed by atoms with van der Waals surface area (Å²) in [6.45, 7) is 8.47. The van der Waals surface area contributed by atoms with Crippen LogP contribution in [-0.4, -0.2) is 28.5 Å².